The van der Waals surface area contributed by atoms with Crippen LogP contribution in [-0.4, -0.2) is 14.5 Å². The van der Waals surface area contributed by atoms with Gasteiger partial charge in [0.15, 0.2) is 0 Å². The van der Waals surface area contributed by atoms with E-state index < -0.39 is 15.8 Å². The maximum Gasteiger partial charge on any atom is 0.241 e. The minimum atomic E-state index is -3.61. The number of benzene rings is 1. The Balaban J connectivity index is 2.75. The van der Waals surface area contributed by atoms with Crippen molar-refractivity contribution < 1.29 is 12.8 Å². The van der Waals surface area contributed by atoms with E-state index in [1.54, 1.807) is 0 Å². The standard InChI is InChI=1S/C13H19BrFNO2S/c1-3-4-5-6-10(2)16-19(17,18)13-8-7-11(15)9-12(13)14/h7-10,16H,3-6H2,1-2H3. The number of hydrogen-bond acceptors (Lipinski definition) is 2. The summed E-state index contributed by atoms with van der Waals surface area (Å²) in [4.78, 5) is 0.0660. The van der Waals surface area contributed by atoms with E-state index in [1.165, 1.54) is 6.07 Å². The number of hydrogen-bond donors (Lipinski definition) is 1. The van der Waals surface area contributed by atoms with E-state index in [1.807, 2.05) is 6.92 Å². The van der Waals surface area contributed by atoms with E-state index in [-0.39, 0.29) is 15.4 Å². The SMILES string of the molecule is CCCCCC(C)NS(=O)(=O)c1ccc(F)cc1Br. The van der Waals surface area contributed by atoms with Gasteiger partial charge in [-0.15, -0.1) is 0 Å². The lowest BCUT2D eigenvalue weighted by molar-refractivity contribution is 0.526. The molecule has 0 aliphatic rings. The van der Waals surface area contributed by atoms with Crippen molar-refractivity contribution >= 4 is 26.0 Å². The van der Waals surface area contributed by atoms with Gasteiger partial charge in [-0.1, -0.05) is 26.2 Å². The van der Waals surface area contributed by atoms with Crippen LogP contribution in [0.5, 0.6) is 0 Å². The summed E-state index contributed by atoms with van der Waals surface area (Å²) in [6.07, 6.45) is 3.98. The Bertz CT molecular complexity index is 519. The Morgan fingerprint density at radius 1 is 1.37 bits per heavy atom. The zero-order valence-electron chi connectivity index (χ0n) is 11.1. The Morgan fingerprint density at radius 3 is 2.63 bits per heavy atom. The van der Waals surface area contributed by atoms with Crippen LogP contribution in [0.4, 0.5) is 4.39 Å². The summed E-state index contributed by atoms with van der Waals surface area (Å²) < 4.78 is 40.1. The first-order valence-corrected chi connectivity index (χ1v) is 8.62. The second-order valence-corrected chi connectivity index (χ2v) is 7.13. The third-order valence-corrected chi connectivity index (χ3v) is 5.35. The lowest BCUT2D eigenvalue weighted by atomic mass is 10.1. The Kier molecular flexibility index (Phi) is 6.42. The lowest BCUT2D eigenvalue weighted by Crippen LogP contribution is -2.32. The minimum Gasteiger partial charge on any atom is -0.208 e. The van der Waals surface area contributed by atoms with Crippen LogP contribution in [0.1, 0.15) is 39.5 Å². The predicted octanol–water partition coefficient (Wildman–Crippen LogP) is 3.84. The van der Waals surface area contributed by atoms with Gasteiger partial charge in [0.2, 0.25) is 10.0 Å². The quantitative estimate of drug-likeness (QED) is 0.758. The zero-order valence-corrected chi connectivity index (χ0v) is 13.5. The van der Waals surface area contributed by atoms with Crippen molar-refractivity contribution in [3.05, 3.63) is 28.5 Å². The van der Waals surface area contributed by atoms with Gasteiger partial charge in [-0.3, -0.25) is 0 Å². The largest absolute Gasteiger partial charge is 0.241 e. The highest BCUT2D eigenvalue weighted by molar-refractivity contribution is 9.10. The Morgan fingerprint density at radius 2 is 2.05 bits per heavy atom. The fourth-order valence-electron chi connectivity index (χ4n) is 1.78. The van der Waals surface area contributed by atoms with Crippen molar-refractivity contribution in [3.8, 4) is 0 Å². The molecule has 1 unspecified atom stereocenters. The van der Waals surface area contributed by atoms with Gasteiger partial charge in [0.1, 0.15) is 5.82 Å². The average Bonchev–Trinajstić information content (AvgIpc) is 2.27. The van der Waals surface area contributed by atoms with Crippen LogP contribution in [0.25, 0.3) is 0 Å². The molecular formula is C13H19BrFNO2S. The van der Waals surface area contributed by atoms with Crippen molar-refractivity contribution in [2.45, 2.75) is 50.5 Å². The van der Waals surface area contributed by atoms with E-state index in [0.29, 0.717) is 0 Å². The average molecular weight is 352 g/mol. The van der Waals surface area contributed by atoms with E-state index in [9.17, 15) is 12.8 Å². The molecule has 1 aromatic rings. The van der Waals surface area contributed by atoms with Gasteiger partial charge in [0, 0.05) is 10.5 Å². The molecule has 3 nitrogen and oxygen atoms in total. The Labute approximate surface area is 122 Å². The molecule has 19 heavy (non-hydrogen) atoms. The first-order chi connectivity index (χ1) is 8.86. The summed E-state index contributed by atoms with van der Waals surface area (Å²) in [5.74, 6) is -0.471. The van der Waals surface area contributed by atoms with Crippen LogP contribution in [0, 0.1) is 5.82 Å². The molecule has 0 amide bonds. The van der Waals surface area contributed by atoms with Crippen molar-refractivity contribution in [2.75, 3.05) is 0 Å². The summed E-state index contributed by atoms with van der Waals surface area (Å²) in [6.45, 7) is 3.94. The second kappa shape index (κ2) is 7.36. The number of nitrogens with one attached hydrogen (secondary N) is 1. The summed E-state index contributed by atoms with van der Waals surface area (Å²) in [5.41, 5.74) is 0. The molecule has 0 spiro atoms. The van der Waals surface area contributed by atoms with Crippen molar-refractivity contribution in [3.63, 3.8) is 0 Å². The molecule has 0 fully saturated rings. The summed E-state index contributed by atoms with van der Waals surface area (Å²) in [5, 5.41) is 0. The van der Waals surface area contributed by atoms with Crippen LogP contribution in [0.3, 0.4) is 0 Å². The monoisotopic (exact) mass is 351 g/mol. The van der Waals surface area contributed by atoms with Gasteiger partial charge in [0.05, 0.1) is 4.90 Å². The molecule has 1 rings (SSSR count). The molecule has 0 saturated carbocycles. The van der Waals surface area contributed by atoms with Crippen LogP contribution >= 0.6 is 15.9 Å². The van der Waals surface area contributed by atoms with Crippen LogP contribution < -0.4 is 4.72 Å². The highest BCUT2D eigenvalue weighted by Gasteiger charge is 2.20. The predicted molar refractivity (Wildman–Crippen MR) is 78.0 cm³/mol. The van der Waals surface area contributed by atoms with Gasteiger partial charge in [-0.2, -0.15) is 0 Å². The number of sulfonamides is 1. The fraction of sp³-hybridized carbons (Fsp3) is 0.538. The molecule has 1 atom stereocenters. The van der Waals surface area contributed by atoms with Crippen molar-refractivity contribution in [1.29, 1.82) is 0 Å². The third-order valence-electron chi connectivity index (χ3n) is 2.78. The molecule has 0 aliphatic carbocycles. The minimum absolute atomic E-state index is 0.0660. The maximum atomic E-state index is 13.0. The second-order valence-electron chi connectivity index (χ2n) is 4.59. The van der Waals surface area contributed by atoms with E-state index in [2.05, 4.69) is 27.6 Å². The molecule has 108 valence electrons. The van der Waals surface area contributed by atoms with E-state index in [4.69, 9.17) is 0 Å². The summed E-state index contributed by atoms with van der Waals surface area (Å²) in [6, 6.07) is 3.42. The molecular weight excluding hydrogens is 333 g/mol. The molecule has 0 heterocycles. The summed E-state index contributed by atoms with van der Waals surface area (Å²) in [7, 11) is -3.61. The molecule has 1 N–H and O–H groups in total. The molecule has 0 radical (unpaired) electrons. The normalized spacial score (nSPS) is 13.5. The van der Waals surface area contributed by atoms with Gasteiger partial charge >= 0.3 is 0 Å². The van der Waals surface area contributed by atoms with Crippen molar-refractivity contribution in [1.82, 2.24) is 4.72 Å². The number of rotatable bonds is 7. The first-order valence-electron chi connectivity index (χ1n) is 6.34. The van der Waals surface area contributed by atoms with Crippen molar-refractivity contribution in [2.24, 2.45) is 0 Å². The summed E-state index contributed by atoms with van der Waals surface area (Å²) >= 11 is 3.08. The van der Waals surface area contributed by atoms with Gasteiger partial charge in [0.25, 0.3) is 0 Å². The van der Waals surface area contributed by atoms with Crippen LogP contribution in [-0.2, 0) is 10.0 Å². The molecule has 0 bridgehead atoms. The van der Waals surface area contributed by atoms with E-state index >= 15 is 0 Å². The topological polar surface area (TPSA) is 46.2 Å². The highest BCUT2D eigenvalue weighted by Crippen LogP contribution is 2.23. The van der Waals surface area contributed by atoms with Gasteiger partial charge in [-0.25, -0.2) is 17.5 Å². The number of unbranched alkanes of at least 4 members (excludes halogenated alkanes) is 2. The van der Waals surface area contributed by atoms with Gasteiger partial charge in [-0.05, 0) is 47.5 Å². The molecule has 0 aliphatic heterocycles. The third kappa shape index (κ3) is 5.20. The van der Waals surface area contributed by atoms with E-state index in [0.717, 1.165) is 37.8 Å². The van der Waals surface area contributed by atoms with Gasteiger partial charge < -0.3 is 0 Å². The molecule has 6 heteroatoms. The van der Waals surface area contributed by atoms with Crippen LogP contribution in [0.15, 0.2) is 27.6 Å². The molecule has 0 saturated heterocycles. The molecule has 1 aromatic carbocycles. The number of halogens is 2. The first kappa shape index (κ1) is 16.6. The maximum absolute atomic E-state index is 13.0. The lowest BCUT2D eigenvalue weighted by Gasteiger charge is -2.14. The fourth-order valence-corrected chi connectivity index (χ4v) is 4.11. The van der Waals surface area contributed by atoms with Crippen LogP contribution in [0.2, 0.25) is 0 Å². The smallest absolute Gasteiger partial charge is 0.208 e. The Hall–Kier alpha value is -0.460. The zero-order chi connectivity index (χ0) is 14.5. The molecule has 0 aromatic heterocycles. The highest BCUT2D eigenvalue weighted by atomic mass is 79.9.